The average molecular weight is 421 g/mol. The molecule has 1 aliphatic rings. The van der Waals surface area contributed by atoms with Crippen LogP contribution in [0.1, 0.15) is 41.1 Å². The number of fused-ring (bicyclic) bond motifs is 2. The lowest BCUT2D eigenvalue weighted by Crippen LogP contribution is -2.47. The maximum Gasteiger partial charge on any atom is 0.257 e. The molecule has 0 saturated heterocycles. The van der Waals surface area contributed by atoms with Crippen molar-refractivity contribution in [3.63, 3.8) is 0 Å². The van der Waals surface area contributed by atoms with Gasteiger partial charge in [-0.3, -0.25) is 20.4 Å². The molecule has 8 nitrogen and oxygen atoms in total. The predicted molar refractivity (Wildman–Crippen MR) is 119 cm³/mol. The van der Waals surface area contributed by atoms with Crippen molar-refractivity contribution in [3.8, 4) is 0 Å². The van der Waals surface area contributed by atoms with Crippen LogP contribution in [0.4, 0.5) is 5.69 Å². The highest BCUT2D eigenvalue weighted by Crippen LogP contribution is 2.26. The first-order valence-electron chi connectivity index (χ1n) is 10.7. The monoisotopic (exact) mass is 420 g/mol. The number of benzene rings is 1. The van der Waals surface area contributed by atoms with Crippen LogP contribution in [0.5, 0.6) is 0 Å². The Labute approximate surface area is 181 Å². The van der Waals surface area contributed by atoms with E-state index in [9.17, 15) is 9.59 Å². The topological polar surface area (TPSA) is 91.6 Å². The van der Waals surface area contributed by atoms with Crippen LogP contribution in [0.2, 0.25) is 0 Å². The standard InChI is InChI=1S/C23H28N6O2/c1-15-13-21-24-16(2)19(17(3)29(21)27-15)10-11-22(30)25-26-23(31)14-28-12-6-8-18-7-4-5-9-20(18)28/h4-5,7,9,13H,6,8,10-12,14H2,1-3H3,(H,25,30)(H,26,31). The molecule has 162 valence electrons. The van der Waals surface area contributed by atoms with Crippen molar-refractivity contribution in [1.82, 2.24) is 25.4 Å². The molecular weight excluding hydrogens is 392 g/mol. The molecule has 1 aromatic carbocycles. The van der Waals surface area contributed by atoms with Crippen LogP contribution in [0, 0.1) is 20.8 Å². The Bertz CT molecular complexity index is 1140. The van der Waals surface area contributed by atoms with Gasteiger partial charge in [-0.1, -0.05) is 18.2 Å². The molecule has 2 aromatic heterocycles. The fourth-order valence-corrected chi connectivity index (χ4v) is 4.23. The van der Waals surface area contributed by atoms with Crippen LogP contribution in [-0.4, -0.2) is 39.5 Å². The highest BCUT2D eigenvalue weighted by atomic mass is 16.2. The van der Waals surface area contributed by atoms with Crippen molar-refractivity contribution >= 4 is 23.1 Å². The molecule has 0 bridgehead atoms. The Morgan fingerprint density at radius 3 is 2.71 bits per heavy atom. The number of hydrogen-bond donors (Lipinski definition) is 2. The van der Waals surface area contributed by atoms with Gasteiger partial charge in [0.1, 0.15) is 0 Å². The number of carbonyl (C=O) groups is 2. The molecule has 0 atom stereocenters. The van der Waals surface area contributed by atoms with E-state index >= 15 is 0 Å². The molecule has 1 aliphatic heterocycles. The Balaban J connectivity index is 1.30. The summed E-state index contributed by atoms with van der Waals surface area (Å²) in [4.78, 5) is 31.3. The Kier molecular flexibility index (Phi) is 5.88. The van der Waals surface area contributed by atoms with Crippen LogP contribution in [0.25, 0.3) is 5.65 Å². The van der Waals surface area contributed by atoms with Crippen LogP contribution in [-0.2, 0) is 22.4 Å². The summed E-state index contributed by atoms with van der Waals surface area (Å²) in [6.07, 6.45) is 2.83. The molecule has 2 N–H and O–H groups in total. The summed E-state index contributed by atoms with van der Waals surface area (Å²) >= 11 is 0. The normalized spacial score (nSPS) is 13.2. The van der Waals surface area contributed by atoms with Crippen molar-refractivity contribution in [3.05, 3.63) is 58.5 Å². The van der Waals surface area contributed by atoms with Gasteiger partial charge >= 0.3 is 0 Å². The zero-order chi connectivity index (χ0) is 22.0. The molecule has 0 fully saturated rings. The van der Waals surface area contributed by atoms with E-state index in [2.05, 4.69) is 31.9 Å². The zero-order valence-electron chi connectivity index (χ0n) is 18.2. The number of hydrazine groups is 1. The number of anilines is 1. The number of para-hydroxylation sites is 1. The summed E-state index contributed by atoms with van der Waals surface area (Å²) in [7, 11) is 0. The lowest BCUT2D eigenvalue weighted by molar-refractivity contribution is -0.128. The molecule has 8 heteroatoms. The molecule has 0 spiro atoms. The number of rotatable bonds is 5. The quantitative estimate of drug-likeness (QED) is 0.618. The van der Waals surface area contributed by atoms with Crippen molar-refractivity contribution < 1.29 is 9.59 Å². The molecule has 4 rings (SSSR count). The summed E-state index contributed by atoms with van der Waals surface area (Å²) in [5, 5.41) is 4.46. The lowest BCUT2D eigenvalue weighted by atomic mass is 10.0. The minimum atomic E-state index is -0.233. The van der Waals surface area contributed by atoms with E-state index in [1.807, 2.05) is 49.6 Å². The fraction of sp³-hybridized carbons (Fsp3) is 0.391. The first-order valence-corrected chi connectivity index (χ1v) is 10.7. The third kappa shape index (κ3) is 4.52. The third-order valence-corrected chi connectivity index (χ3v) is 5.77. The summed E-state index contributed by atoms with van der Waals surface area (Å²) in [5.74, 6) is -0.463. The van der Waals surface area contributed by atoms with Crippen LogP contribution in [0.15, 0.2) is 30.3 Å². The van der Waals surface area contributed by atoms with Gasteiger partial charge in [0.25, 0.3) is 5.91 Å². The fourth-order valence-electron chi connectivity index (χ4n) is 4.23. The van der Waals surface area contributed by atoms with Gasteiger partial charge in [-0.15, -0.1) is 0 Å². The van der Waals surface area contributed by atoms with Gasteiger partial charge in [-0.2, -0.15) is 5.10 Å². The zero-order valence-corrected chi connectivity index (χ0v) is 18.2. The Morgan fingerprint density at radius 1 is 1.10 bits per heavy atom. The maximum atomic E-state index is 12.4. The summed E-state index contributed by atoms with van der Waals surface area (Å²) in [5.41, 5.74) is 12.0. The second kappa shape index (κ2) is 8.75. The van der Waals surface area contributed by atoms with E-state index < -0.39 is 0 Å². The number of carbonyl (C=O) groups excluding carboxylic acids is 2. The number of hydrogen-bond acceptors (Lipinski definition) is 5. The van der Waals surface area contributed by atoms with E-state index in [4.69, 9.17) is 0 Å². The van der Waals surface area contributed by atoms with Crippen molar-refractivity contribution in [2.24, 2.45) is 0 Å². The molecule has 3 heterocycles. The minimum absolute atomic E-state index is 0.217. The first kappa shape index (κ1) is 20.8. The molecule has 0 unspecified atom stereocenters. The molecule has 0 saturated carbocycles. The second-order valence-corrected chi connectivity index (χ2v) is 8.07. The van der Waals surface area contributed by atoms with Gasteiger partial charge in [0, 0.05) is 36.1 Å². The highest BCUT2D eigenvalue weighted by Gasteiger charge is 2.19. The van der Waals surface area contributed by atoms with Crippen molar-refractivity contribution in [2.75, 3.05) is 18.0 Å². The number of aromatic nitrogens is 3. The van der Waals surface area contributed by atoms with E-state index in [1.165, 1.54) is 5.56 Å². The second-order valence-electron chi connectivity index (χ2n) is 8.07. The van der Waals surface area contributed by atoms with E-state index in [0.717, 1.165) is 53.4 Å². The summed E-state index contributed by atoms with van der Waals surface area (Å²) in [6.45, 7) is 6.91. The molecule has 0 radical (unpaired) electrons. The summed E-state index contributed by atoms with van der Waals surface area (Å²) in [6, 6.07) is 10.1. The van der Waals surface area contributed by atoms with Gasteiger partial charge in [0.2, 0.25) is 5.91 Å². The van der Waals surface area contributed by atoms with Crippen molar-refractivity contribution in [1.29, 1.82) is 0 Å². The van der Waals surface area contributed by atoms with E-state index in [0.29, 0.717) is 6.42 Å². The molecule has 31 heavy (non-hydrogen) atoms. The Morgan fingerprint density at radius 2 is 1.87 bits per heavy atom. The Hall–Kier alpha value is -3.42. The smallest absolute Gasteiger partial charge is 0.257 e. The SMILES string of the molecule is Cc1cc2nc(C)c(CCC(=O)NNC(=O)CN3CCCc4ccccc43)c(C)n2n1. The van der Waals surface area contributed by atoms with Gasteiger partial charge < -0.3 is 4.90 Å². The maximum absolute atomic E-state index is 12.4. The van der Waals surface area contributed by atoms with Crippen LogP contribution in [0.3, 0.4) is 0 Å². The average Bonchev–Trinajstić information content (AvgIpc) is 3.12. The van der Waals surface area contributed by atoms with Gasteiger partial charge in [-0.25, -0.2) is 9.50 Å². The molecule has 2 amide bonds. The van der Waals surface area contributed by atoms with Crippen molar-refractivity contribution in [2.45, 2.75) is 46.5 Å². The highest BCUT2D eigenvalue weighted by molar-refractivity contribution is 5.85. The van der Waals surface area contributed by atoms with Crippen LogP contribution < -0.4 is 15.8 Å². The van der Waals surface area contributed by atoms with Gasteiger partial charge in [0.15, 0.2) is 5.65 Å². The van der Waals surface area contributed by atoms with E-state index in [1.54, 1.807) is 0 Å². The number of nitrogens with zero attached hydrogens (tertiary/aromatic N) is 4. The largest absolute Gasteiger partial charge is 0.362 e. The molecule has 3 aromatic rings. The third-order valence-electron chi connectivity index (χ3n) is 5.77. The molecular formula is C23H28N6O2. The molecule has 0 aliphatic carbocycles. The van der Waals surface area contributed by atoms with Gasteiger partial charge in [0.05, 0.1) is 12.2 Å². The number of amides is 2. The number of aryl methyl sites for hydroxylation is 4. The predicted octanol–water partition coefficient (Wildman–Crippen LogP) is 2.19. The number of nitrogens with one attached hydrogen (secondary N) is 2. The summed E-state index contributed by atoms with van der Waals surface area (Å²) < 4.78 is 1.81. The lowest BCUT2D eigenvalue weighted by Gasteiger charge is -2.30. The van der Waals surface area contributed by atoms with Gasteiger partial charge in [-0.05, 0) is 57.2 Å². The first-order chi connectivity index (χ1) is 14.9. The van der Waals surface area contributed by atoms with Crippen LogP contribution >= 0.6 is 0 Å². The minimum Gasteiger partial charge on any atom is -0.362 e. The van der Waals surface area contributed by atoms with E-state index in [-0.39, 0.29) is 24.8 Å².